The molecule has 1 aromatic heterocycles. The highest BCUT2D eigenvalue weighted by atomic mass is 16.5. The van der Waals surface area contributed by atoms with Gasteiger partial charge in [0, 0.05) is 16.9 Å². The van der Waals surface area contributed by atoms with Gasteiger partial charge in [0.15, 0.2) is 0 Å². The van der Waals surface area contributed by atoms with Gasteiger partial charge in [0.25, 0.3) is 0 Å². The fourth-order valence-corrected chi connectivity index (χ4v) is 5.58. The molecule has 1 aromatic carbocycles. The van der Waals surface area contributed by atoms with Crippen LogP contribution in [-0.2, 0) is 19.1 Å². The smallest absolute Gasteiger partial charge is 0.352 e. The van der Waals surface area contributed by atoms with Crippen LogP contribution < -0.4 is 5.32 Å². The minimum absolute atomic E-state index is 0.00817. The maximum absolute atomic E-state index is 13.1. The second kappa shape index (κ2) is 13.4. The van der Waals surface area contributed by atoms with E-state index < -0.39 is 30.1 Å². The Balaban J connectivity index is 0.000000275. The molecule has 2 aromatic rings. The highest BCUT2D eigenvalue weighted by Gasteiger charge is 2.48. The van der Waals surface area contributed by atoms with Gasteiger partial charge in [-0.05, 0) is 57.6 Å². The van der Waals surface area contributed by atoms with Crippen LogP contribution in [0.1, 0.15) is 76.2 Å². The van der Waals surface area contributed by atoms with E-state index in [0.717, 1.165) is 43.0 Å². The number of aromatic nitrogens is 1. The number of benzene rings is 1. The van der Waals surface area contributed by atoms with Gasteiger partial charge < -0.3 is 24.8 Å². The van der Waals surface area contributed by atoms with Gasteiger partial charge in [0.05, 0.1) is 12.6 Å². The van der Waals surface area contributed by atoms with Gasteiger partial charge in [0.1, 0.15) is 17.8 Å². The summed E-state index contributed by atoms with van der Waals surface area (Å²) in [6, 6.07) is 7.16. The first-order valence-electron chi connectivity index (χ1n) is 13.5. The number of rotatable bonds is 9. The van der Waals surface area contributed by atoms with Crippen LogP contribution in [0.25, 0.3) is 10.9 Å². The number of likely N-dealkylation sites (tertiary alicyclic amines) is 1. The summed E-state index contributed by atoms with van der Waals surface area (Å²) in [5, 5.41) is 22.3. The molecule has 4 rings (SSSR count). The lowest BCUT2D eigenvalue weighted by Crippen LogP contribution is -2.55. The van der Waals surface area contributed by atoms with Crippen molar-refractivity contribution in [1.82, 2.24) is 15.2 Å². The third-order valence-corrected chi connectivity index (χ3v) is 7.36. The molecule has 208 valence electrons. The van der Waals surface area contributed by atoms with Gasteiger partial charge in [-0.15, -0.1) is 0 Å². The maximum atomic E-state index is 13.1. The molecule has 10 nitrogen and oxygen atoms in total. The van der Waals surface area contributed by atoms with E-state index in [2.05, 4.69) is 10.3 Å². The molecule has 1 amide bonds. The number of nitrogens with one attached hydrogen (secondary N) is 2. The van der Waals surface area contributed by atoms with E-state index in [1.54, 1.807) is 24.8 Å². The maximum Gasteiger partial charge on any atom is 0.352 e. The summed E-state index contributed by atoms with van der Waals surface area (Å²) >= 11 is 0. The first-order chi connectivity index (χ1) is 18.2. The van der Waals surface area contributed by atoms with Gasteiger partial charge in [0.2, 0.25) is 5.91 Å². The number of aromatic amines is 1. The number of hydrogen-bond donors (Lipinski definition) is 4. The molecule has 38 heavy (non-hydrogen) atoms. The zero-order valence-electron chi connectivity index (χ0n) is 22.3. The van der Waals surface area contributed by atoms with Crippen molar-refractivity contribution in [2.45, 2.75) is 89.9 Å². The molecule has 1 aliphatic carbocycles. The van der Waals surface area contributed by atoms with Crippen molar-refractivity contribution in [3.63, 3.8) is 0 Å². The first-order valence-corrected chi connectivity index (χ1v) is 13.5. The van der Waals surface area contributed by atoms with Gasteiger partial charge in [-0.3, -0.25) is 14.9 Å². The van der Waals surface area contributed by atoms with E-state index in [4.69, 9.17) is 9.84 Å². The Morgan fingerprint density at radius 3 is 2.47 bits per heavy atom. The van der Waals surface area contributed by atoms with Crippen molar-refractivity contribution in [3.05, 3.63) is 36.0 Å². The van der Waals surface area contributed by atoms with Crippen molar-refractivity contribution in [2.24, 2.45) is 5.92 Å². The number of hydrogen-bond acceptors (Lipinski definition) is 6. The fourth-order valence-electron chi connectivity index (χ4n) is 5.58. The van der Waals surface area contributed by atoms with E-state index in [1.807, 2.05) is 31.2 Å². The average Bonchev–Trinajstić information content (AvgIpc) is 3.51. The highest BCUT2D eigenvalue weighted by Crippen LogP contribution is 2.40. The Morgan fingerprint density at radius 1 is 1.13 bits per heavy atom. The van der Waals surface area contributed by atoms with Crippen molar-refractivity contribution < 1.29 is 34.1 Å². The predicted molar refractivity (Wildman–Crippen MR) is 142 cm³/mol. The number of ether oxygens (including phenoxy) is 1. The number of esters is 1. The Hall–Kier alpha value is -3.40. The summed E-state index contributed by atoms with van der Waals surface area (Å²) in [5.74, 6) is -2.17. The lowest BCUT2D eigenvalue weighted by molar-refractivity contribution is -0.152. The van der Waals surface area contributed by atoms with Crippen molar-refractivity contribution in [3.8, 4) is 0 Å². The number of carboxylic acid groups (broad SMARTS) is 2. The second-order valence-corrected chi connectivity index (χ2v) is 10.0. The molecular formula is C28H39N3O7. The molecule has 1 saturated heterocycles. The van der Waals surface area contributed by atoms with Gasteiger partial charge >= 0.3 is 17.9 Å². The monoisotopic (exact) mass is 529 g/mol. The van der Waals surface area contributed by atoms with E-state index in [1.165, 1.54) is 0 Å². The van der Waals surface area contributed by atoms with Crippen molar-refractivity contribution in [1.29, 1.82) is 0 Å². The standard InChI is InChI=1S/C19H32N2O5.C9H7NO2/c1-4-8-14(19(25)26-5-2)20-12(3)17(22)21-15-10-7-6-9-13(15)11-16(21)18(23)24;11-9(12)8-5-6-3-1-2-4-7(6)10-8/h12-16,20H,4-11H2,1-3H3,(H,23,24);1-5,10H,(H,11,12)/t12-,13-,14-,15-,16-;/m0./s1. The Bertz CT molecular complexity index is 1100. The van der Waals surface area contributed by atoms with Gasteiger partial charge in [-0.2, -0.15) is 0 Å². The third-order valence-electron chi connectivity index (χ3n) is 7.36. The summed E-state index contributed by atoms with van der Waals surface area (Å²) < 4.78 is 5.09. The minimum Gasteiger partial charge on any atom is -0.480 e. The van der Waals surface area contributed by atoms with Crippen LogP contribution in [-0.4, -0.2) is 74.7 Å². The van der Waals surface area contributed by atoms with Gasteiger partial charge in [-0.25, -0.2) is 9.59 Å². The zero-order chi connectivity index (χ0) is 27.8. The molecule has 1 aliphatic heterocycles. The van der Waals surface area contributed by atoms with Crippen LogP contribution in [0.2, 0.25) is 0 Å². The number of para-hydroxylation sites is 1. The molecule has 2 fully saturated rings. The van der Waals surface area contributed by atoms with Crippen LogP contribution in [0.15, 0.2) is 30.3 Å². The quantitative estimate of drug-likeness (QED) is 0.358. The number of fused-ring (bicyclic) bond motifs is 2. The van der Waals surface area contributed by atoms with Crippen LogP contribution in [0, 0.1) is 5.92 Å². The summed E-state index contributed by atoms with van der Waals surface area (Å²) in [7, 11) is 0. The van der Waals surface area contributed by atoms with E-state index in [9.17, 15) is 24.3 Å². The molecular weight excluding hydrogens is 490 g/mol. The Morgan fingerprint density at radius 2 is 1.84 bits per heavy atom. The van der Waals surface area contributed by atoms with Crippen LogP contribution in [0.5, 0.6) is 0 Å². The molecule has 0 spiro atoms. The van der Waals surface area contributed by atoms with Crippen molar-refractivity contribution >= 4 is 34.7 Å². The van der Waals surface area contributed by atoms with Crippen LogP contribution in [0.3, 0.4) is 0 Å². The van der Waals surface area contributed by atoms with Gasteiger partial charge in [-0.1, -0.05) is 44.4 Å². The Kier molecular flexibility index (Phi) is 10.3. The lowest BCUT2D eigenvalue weighted by Gasteiger charge is -2.35. The van der Waals surface area contributed by atoms with Crippen molar-refractivity contribution in [2.75, 3.05) is 6.61 Å². The van der Waals surface area contributed by atoms with E-state index in [0.29, 0.717) is 19.4 Å². The topological polar surface area (TPSA) is 149 Å². The van der Waals surface area contributed by atoms with E-state index in [-0.39, 0.29) is 29.5 Å². The molecule has 0 unspecified atom stereocenters. The summed E-state index contributed by atoms with van der Waals surface area (Å²) in [6.45, 7) is 5.72. The second-order valence-electron chi connectivity index (χ2n) is 10.0. The number of nitrogens with zero attached hydrogens (tertiary/aromatic N) is 1. The molecule has 4 N–H and O–H groups in total. The normalized spacial score (nSPS) is 22.1. The summed E-state index contributed by atoms with van der Waals surface area (Å²) in [5.41, 5.74) is 1.09. The van der Waals surface area contributed by atoms with Crippen LogP contribution in [0.4, 0.5) is 0 Å². The number of H-pyrrole nitrogens is 1. The number of carboxylic acids is 2. The molecule has 5 atom stereocenters. The average molecular weight is 530 g/mol. The molecule has 0 bridgehead atoms. The third kappa shape index (κ3) is 6.92. The number of amides is 1. The minimum atomic E-state index is -0.935. The molecule has 10 heteroatoms. The fraction of sp³-hybridized carbons (Fsp3) is 0.571. The number of carbonyl (C=O) groups is 4. The summed E-state index contributed by atoms with van der Waals surface area (Å²) in [6.07, 6.45) is 5.87. The summed E-state index contributed by atoms with van der Waals surface area (Å²) in [4.78, 5) is 51.8. The highest BCUT2D eigenvalue weighted by molar-refractivity contribution is 5.93. The van der Waals surface area contributed by atoms with E-state index >= 15 is 0 Å². The molecule has 1 saturated carbocycles. The first kappa shape index (κ1) is 29.2. The zero-order valence-corrected chi connectivity index (χ0v) is 22.3. The molecule has 2 heterocycles. The molecule has 0 radical (unpaired) electrons. The Labute approximate surface area is 222 Å². The lowest BCUT2D eigenvalue weighted by atomic mass is 9.84. The predicted octanol–water partition coefficient (Wildman–Crippen LogP) is 3.81. The largest absolute Gasteiger partial charge is 0.480 e. The molecule has 2 aliphatic rings. The number of carbonyl (C=O) groups excluding carboxylic acids is 2. The SMILES string of the molecule is CCC[C@H](N[C@@H](C)C(=O)N1[C@H](C(=O)O)C[C@@H]2CCCC[C@@H]21)C(=O)OCC.O=C(O)c1cc2ccccc2[nH]1. The number of aromatic carboxylic acids is 1. The van der Waals surface area contributed by atoms with Crippen LogP contribution >= 0.6 is 0 Å². The number of aliphatic carboxylic acids is 1.